The van der Waals surface area contributed by atoms with Crippen LogP contribution < -0.4 is 10.5 Å². The highest BCUT2D eigenvalue weighted by molar-refractivity contribution is 7.89. The third-order valence-corrected chi connectivity index (χ3v) is 5.50. The molecule has 1 fully saturated rings. The van der Waals surface area contributed by atoms with E-state index in [9.17, 15) is 8.42 Å². The molecule has 2 rings (SSSR count). The van der Waals surface area contributed by atoms with E-state index in [-0.39, 0.29) is 6.10 Å². The lowest BCUT2D eigenvalue weighted by Gasteiger charge is -2.30. The molecule has 7 heteroatoms. The van der Waals surface area contributed by atoms with Gasteiger partial charge in [0.2, 0.25) is 10.0 Å². The fourth-order valence-electron chi connectivity index (χ4n) is 2.34. The molecule has 0 amide bonds. The summed E-state index contributed by atoms with van der Waals surface area (Å²) in [5.41, 5.74) is 5.36. The first-order valence-corrected chi connectivity index (χ1v) is 8.48. The number of ether oxygens (including phenoxy) is 2. The van der Waals surface area contributed by atoms with E-state index in [1.54, 1.807) is 31.4 Å². The van der Waals surface area contributed by atoms with Gasteiger partial charge >= 0.3 is 0 Å². The Hall–Kier alpha value is -1.15. The molecule has 1 heterocycles. The lowest BCUT2D eigenvalue weighted by molar-refractivity contribution is 0.0604. The van der Waals surface area contributed by atoms with Crippen LogP contribution in [0.1, 0.15) is 12.8 Å². The molecule has 6 nitrogen and oxygen atoms in total. The first-order chi connectivity index (χ1) is 10.1. The molecule has 0 aliphatic carbocycles. The maximum absolute atomic E-state index is 12.5. The monoisotopic (exact) mass is 314 g/mol. The lowest BCUT2D eigenvalue weighted by atomic mass is 10.1. The minimum atomic E-state index is -3.43. The van der Waals surface area contributed by atoms with Gasteiger partial charge in [-0.3, -0.25) is 0 Å². The Morgan fingerprint density at radius 1 is 1.24 bits per heavy atom. The molecule has 21 heavy (non-hydrogen) atoms. The quantitative estimate of drug-likeness (QED) is 0.841. The summed E-state index contributed by atoms with van der Waals surface area (Å²) >= 11 is 0. The second kappa shape index (κ2) is 7.22. The Kier molecular flexibility index (Phi) is 5.58. The third-order valence-electron chi connectivity index (χ3n) is 3.58. The van der Waals surface area contributed by atoms with Crippen molar-refractivity contribution in [2.24, 2.45) is 5.73 Å². The van der Waals surface area contributed by atoms with Crippen molar-refractivity contribution in [2.75, 3.05) is 33.4 Å². The maximum Gasteiger partial charge on any atom is 0.243 e. The number of nitrogens with zero attached hydrogens (tertiary/aromatic N) is 1. The van der Waals surface area contributed by atoms with E-state index >= 15 is 0 Å². The minimum absolute atomic E-state index is 0.156. The van der Waals surface area contributed by atoms with E-state index < -0.39 is 10.0 Å². The van der Waals surface area contributed by atoms with Crippen molar-refractivity contribution < 1.29 is 17.9 Å². The molecule has 0 radical (unpaired) electrons. The zero-order valence-electron chi connectivity index (χ0n) is 12.2. The second-order valence-corrected chi connectivity index (χ2v) is 6.89. The van der Waals surface area contributed by atoms with Gasteiger partial charge in [-0.2, -0.15) is 4.31 Å². The average molecular weight is 314 g/mol. The zero-order chi connectivity index (χ0) is 15.3. The highest BCUT2D eigenvalue weighted by atomic mass is 32.2. The van der Waals surface area contributed by atoms with E-state index in [4.69, 9.17) is 15.2 Å². The van der Waals surface area contributed by atoms with Crippen molar-refractivity contribution in [1.82, 2.24) is 4.31 Å². The van der Waals surface area contributed by atoms with Crippen LogP contribution in [0.15, 0.2) is 29.2 Å². The highest BCUT2D eigenvalue weighted by Crippen LogP contribution is 2.23. The Morgan fingerprint density at radius 3 is 2.38 bits per heavy atom. The number of piperidine rings is 1. The standard InChI is InChI=1S/C14H22N2O4S/c1-19-12-6-9-16(10-7-12)21(17,18)14-4-2-13(3-5-14)20-11-8-15/h2-5,12H,6-11,15H2,1H3. The Morgan fingerprint density at radius 2 is 1.86 bits per heavy atom. The summed E-state index contributed by atoms with van der Waals surface area (Å²) in [7, 11) is -1.77. The van der Waals surface area contributed by atoms with Crippen LogP contribution in [-0.2, 0) is 14.8 Å². The van der Waals surface area contributed by atoms with E-state index in [0.717, 1.165) is 12.8 Å². The summed E-state index contributed by atoms with van der Waals surface area (Å²) in [5, 5.41) is 0. The summed E-state index contributed by atoms with van der Waals surface area (Å²) in [6.07, 6.45) is 1.62. The topological polar surface area (TPSA) is 81.9 Å². The zero-order valence-corrected chi connectivity index (χ0v) is 13.0. The summed E-state index contributed by atoms with van der Waals surface area (Å²) in [4.78, 5) is 0.290. The van der Waals surface area contributed by atoms with E-state index in [0.29, 0.717) is 36.9 Å². The number of nitrogens with two attached hydrogens (primary N) is 1. The Bertz CT molecular complexity index is 537. The van der Waals surface area contributed by atoms with Crippen LogP contribution in [0.25, 0.3) is 0 Å². The van der Waals surface area contributed by atoms with Gasteiger partial charge in [0, 0.05) is 26.7 Å². The number of rotatable bonds is 6. The Labute approximate surface area is 125 Å². The van der Waals surface area contributed by atoms with Gasteiger partial charge in [0.1, 0.15) is 12.4 Å². The molecule has 0 saturated carbocycles. The molecule has 1 aromatic rings. The van der Waals surface area contributed by atoms with Crippen LogP contribution >= 0.6 is 0 Å². The van der Waals surface area contributed by atoms with Crippen molar-refractivity contribution in [3.05, 3.63) is 24.3 Å². The maximum atomic E-state index is 12.5. The van der Waals surface area contributed by atoms with Crippen LogP contribution in [0.5, 0.6) is 5.75 Å². The molecular weight excluding hydrogens is 292 g/mol. The fourth-order valence-corrected chi connectivity index (χ4v) is 3.81. The van der Waals surface area contributed by atoms with Gasteiger partial charge in [0.25, 0.3) is 0 Å². The van der Waals surface area contributed by atoms with Crippen molar-refractivity contribution in [3.8, 4) is 5.75 Å². The number of sulfonamides is 1. The van der Waals surface area contributed by atoms with Crippen molar-refractivity contribution in [1.29, 1.82) is 0 Å². The predicted octanol–water partition coefficient (Wildman–Crippen LogP) is 0.824. The van der Waals surface area contributed by atoms with Crippen molar-refractivity contribution in [3.63, 3.8) is 0 Å². The van der Waals surface area contributed by atoms with Crippen LogP contribution in [0.4, 0.5) is 0 Å². The largest absolute Gasteiger partial charge is 0.492 e. The molecule has 0 unspecified atom stereocenters. The van der Waals surface area contributed by atoms with E-state index in [1.165, 1.54) is 4.31 Å². The molecule has 1 aromatic carbocycles. The second-order valence-electron chi connectivity index (χ2n) is 4.95. The van der Waals surface area contributed by atoms with Gasteiger partial charge in [0.15, 0.2) is 0 Å². The van der Waals surface area contributed by atoms with Gasteiger partial charge in [0.05, 0.1) is 11.0 Å². The number of methoxy groups -OCH3 is 1. The molecule has 1 saturated heterocycles. The van der Waals surface area contributed by atoms with Crippen molar-refractivity contribution >= 4 is 10.0 Å². The Balaban J connectivity index is 2.05. The molecule has 2 N–H and O–H groups in total. The van der Waals surface area contributed by atoms with Gasteiger partial charge in [-0.05, 0) is 37.1 Å². The number of benzene rings is 1. The fraction of sp³-hybridized carbons (Fsp3) is 0.571. The van der Waals surface area contributed by atoms with Crippen LogP contribution in [0.2, 0.25) is 0 Å². The normalized spacial score (nSPS) is 17.8. The third kappa shape index (κ3) is 3.94. The van der Waals surface area contributed by atoms with Crippen LogP contribution in [-0.4, -0.2) is 52.2 Å². The molecule has 0 bridgehead atoms. The molecular formula is C14H22N2O4S. The first-order valence-electron chi connectivity index (χ1n) is 7.04. The van der Waals surface area contributed by atoms with Gasteiger partial charge in [-0.1, -0.05) is 0 Å². The predicted molar refractivity (Wildman–Crippen MR) is 79.8 cm³/mol. The smallest absolute Gasteiger partial charge is 0.243 e. The van der Waals surface area contributed by atoms with Gasteiger partial charge in [-0.25, -0.2) is 8.42 Å². The average Bonchev–Trinajstić information content (AvgIpc) is 2.53. The number of hydrogen-bond donors (Lipinski definition) is 1. The van der Waals surface area contributed by atoms with Gasteiger partial charge in [-0.15, -0.1) is 0 Å². The summed E-state index contributed by atoms with van der Waals surface area (Å²) < 4.78 is 37.2. The van der Waals surface area contributed by atoms with Crippen molar-refractivity contribution in [2.45, 2.75) is 23.8 Å². The molecule has 0 spiro atoms. The summed E-state index contributed by atoms with van der Waals surface area (Å²) in [6.45, 7) is 1.82. The van der Waals surface area contributed by atoms with Crippen LogP contribution in [0, 0.1) is 0 Å². The molecule has 0 aromatic heterocycles. The van der Waals surface area contributed by atoms with Crippen LogP contribution in [0.3, 0.4) is 0 Å². The SMILES string of the molecule is COC1CCN(S(=O)(=O)c2ccc(OCCN)cc2)CC1. The lowest BCUT2D eigenvalue weighted by Crippen LogP contribution is -2.40. The molecule has 1 aliphatic rings. The van der Waals surface area contributed by atoms with E-state index in [1.807, 2.05) is 0 Å². The van der Waals surface area contributed by atoms with E-state index in [2.05, 4.69) is 0 Å². The number of hydrogen-bond acceptors (Lipinski definition) is 5. The van der Waals surface area contributed by atoms with Gasteiger partial charge < -0.3 is 15.2 Å². The molecule has 1 aliphatic heterocycles. The minimum Gasteiger partial charge on any atom is -0.492 e. The molecule has 118 valence electrons. The first kappa shape index (κ1) is 16.2. The highest BCUT2D eigenvalue weighted by Gasteiger charge is 2.29. The summed E-state index contributed by atoms with van der Waals surface area (Å²) in [5.74, 6) is 0.623. The summed E-state index contributed by atoms with van der Waals surface area (Å²) in [6, 6.07) is 6.46. The molecule has 0 atom stereocenters.